The summed E-state index contributed by atoms with van der Waals surface area (Å²) in [5, 5.41) is 17.1. The van der Waals surface area contributed by atoms with E-state index < -0.39 is 5.41 Å². The van der Waals surface area contributed by atoms with Crippen molar-refractivity contribution in [2.75, 3.05) is 0 Å². The van der Waals surface area contributed by atoms with E-state index in [1.165, 1.54) is 4.92 Å². The van der Waals surface area contributed by atoms with E-state index in [0.29, 0.717) is 0 Å². The standard InChI is InChI=1S/C7H6N2OSe/c1-2-6(10)7(3-8,4-9)5-11/h5H,2H2,1H3. The molecule has 0 aromatic heterocycles. The molecule has 0 aliphatic carbocycles. The topological polar surface area (TPSA) is 64.7 Å². The Balaban J connectivity index is 4.92. The molecular weight excluding hydrogens is 207 g/mol. The molecule has 0 heterocycles. The van der Waals surface area contributed by atoms with Gasteiger partial charge in [-0.2, -0.15) is 0 Å². The molecule has 4 heteroatoms. The third kappa shape index (κ3) is 1.74. The summed E-state index contributed by atoms with van der Waals surface area (Å²) < 4.78 is 0. The first-order chi connectivity index (χ1) is 5.16. The Morgan fingerprint density at radius 3 is 2.18 bits per heavy atom. The molecule has 0 rings (SSSR count). The first-order valence-corrected chi connectivity index (χ1v) is 3.98. The molecule has 0 spiro atoms. The van der Waals surface area contributed by atoms with Gasteiger partial charge in [0.2, 0.25) is 0 Å². The van der Waals surface area contributed by atoms with Gasteiger partial charge in [-0.15, -0.1) is 0 Å². The fourth-order valence-electron chi connectivity index (χ4n) is 0.547. The monoisotopic (exact) mass is 214 g/mol. The minimum absolute atomic E-state index is 0.194. The van der Waals surface area contributed by atoms with Crippen LogP contribution in [0.1, 0.15) is 13.3 Å². The van der Waals surface area contributed by atoms with Crippen LogP contribution in [-0.4, -0.2) is 26.3 Å². The second kappa shape index (κ2) is 4.03. The number of ketones is 1. The number of Topliss-reactive ketones (excluding diaryl/α,β-unsaturated/α-hetero) is 1. The summed E-state index contributed by atoms with van der Waals surface area (Å²) in [5.74, 6) is -0.374. The Morgan fingerprint density at radius 2 is 2.09 bits per heavy atom. The summed E-state index contributed by atoms with van der Waals surface area (Å²) in [6.45, 7) is 1.62. The molecule has 0 saturated carbocycles. The van der Waals surface area contributed by atoms with Gasteiger partial charge < -0.3 is 0 Å². The number of carbonyl (C=O) groups is 1. The van der Waals surface area contributed by atoms with Crippen LogP contribution in [0.4, 0.5) is 0 Å². The Labute approximate surface area is 73.0 Å². The molecule has 0 bridgehead atoms. The van der Waals surface area contributed by atoms with Crippen LogP contribution < -0.4 is 0 Å². The number of rotatable bonds is 3. The van der Waals surface area contributed by atoms with Crippen LogP contribution in [0, 0.1) is 28.1 Å². The van der Waals surface area contributed by atoms with Crippen molar-refractivity contribution in [1.82, 2.24) is 0 Å². The molecule has 0 unspecified atom stereocenters. The predicted molar refractivity (Wildman–Crippen MR) is 40.8 cm³/mol. The molecular formula is C7H6N2OSe. The van der Waals surface area contributed by atoms with Crippen molar-refractivity contribution >= 4 is 26.3 Å². The first kappa shape index (κ1) is 10.0. The van der Waals surface area contributed by atoms with Crippen LogP contribution in [0.2, 0.25) is 0 Å². The minimum atomic E-state index is -1.57. The van der Waals surface area contributed by atoms with Crippen LogP contribution in [0.3, 0.4) is 0 Å². The van der Waals surface area contributed by atoms with E-state index in [4.69, 9.17) is 10.5 Å². The Bertz CT molecular complexity index is 245. The van der Waals surface area contributed by atoms with Gasteiger partial charge in [-0.1, -0.05) is 0 Å². The van der Waals surface area contributed by atoms with Crippen LogP contribution in [0.25, 0.3) is 0 Å². The van der Waals surface area contributed by atoms with Crippen LogP contribution in [-0.2, 0) is 4.79 Å². The summed E-state index contributed by atoms with van der Waals surface area (Å²) >= 11 is 2.41. The molecule has 0 N–H and O–H groups in total. The number of hydrogen-bond donors (Lipinski definition) is 0. The quantitative estimate of drug-likeness (QED) is 0.618. The molecule has 0 aliphatic heterocycles. The van der Waals surface area contributed by atoms with Crippen LogP contribution in [0.5, 0.6) is 0 Å². The molecule has 0 aliphatic rings. The molecule has 0 fully saturated rings. The van der Waals surface area contributed by atoms with E-state index >= 15 is 0 Å². The van der Waals surface area contributed by atoms with E-state index in [1.54, 1.807) is 19.1 Å². The number of nitrogens with zero attached hydrogens (tertiary/aromatic N) is 2. The van der Waals surface area contributed by atoms with Gasteiger partial charge in [0, 0.05) is 0 Å². The van der Waals surface area contributed by atoms with Crippen molar-refractivity contribution < 1.29 is 4.79 Å². The molecule has 11 heavy (non-hydrogen) atoms. The molecule has 3 nitrogen and oxygen atoms in total. The molecule has 0 saturated heterocycles. The second-order valence-corrected chi connectivity index (χ2v) is 2.42. The Morgan fingerprint density at radius 1 is 1.64 bits per heavy atom. The van der Waals surface area contributed by atoms with E-state index in [9.17, 15) is 4.79 Å². The van der Waals surface area contributed by atoms with Gasteiger partial charge in [-0.25, -0.2) is 0 Å². The normalized spacial score (nSPS) is 9.36. The molecule has 0 radical (unpaired) electrons. The summed E-state index contributed by atoms with van der Waals surface area (Å²) in [7, 11) is 0. The van der Waals surface area contributed by atoms with Gasteiger partial charge in [0.05, 0.1) is 0 Å². The SMILES string of the molecule is CCC(=O)C(C#N)(C#N)C=[Se]. The third-order valence-electron chi connectivity index (χ3n) is 1.29. The van der Waals surface area contributed by atoms with Crippen molar-refractivity contribution in [3.8, 4) is 12.1 Å². The van der Waals surface area contributed by atoms with Gasteiger partial charge in [-0.3, -0.25) is 0 Å². The van der Waals surface area contributed by atoms with E-state index in [-0.39, 0.29) is 12.2 Å². The molecule has 0 aromatic carbocycles. The van der Waals surface area contributed by atoms with Gasteiger partial charge in [0.1, 0.15) is 0 Å². The maximum absolute atomic E-state index is 11.0. The Kier molecular flexibility index (Phi) is 3.68. The zero-order chi connectivity index (χ0) is 8.91. The fourth-order valence-corrected chi connectivity index (χ4v) is 1.04. The molecule has 0 atom stereocenters. The van der Waals surface area contributed by atoms with Crippen molar-refractivity contribution in [2.45, 2.75) is 13.3 Å². The number of nitriles is 2. The molecule has 56 valence electrons. The maximum atomic E-state index is 11.0. The number of carbonyl (C=O) groups excluding carboxylic acids is 1. The zero-order valence-corrected chi connectivity index (χ0v) is 7.71. The van der Waals surface area contributed by atoms with Crippen molar-refractivity contribution in [3.63, 3.8) is 0 Å². The predicted octanol–water partition coefficient (Wildman–Crippen LogP) is -0.0302. The van der Waals surface area contributed by atoms with Crippen LogP contribution in [0.15, 0.2) is 0 Å². The summed E-state index contributed by atoms with van der Waals surface area (Å²) in [5.41, 5.74) is -1.57. The van der Waals surface area contributed by atoms with Gasteiger partial charge in [0.25, 0.3) is 0 Å². The zero-order valence-electron chi connectivity index (χ0n) is 6.00. The first-order valence-electron chi connectivity index (χ1n) is 2.99. The molecule has 0 aromatic rings. The fraction of sp³-hybridized carbons (Fsp3) is 0.429. The molecule has 0 amide bonds. The summed E-state index contributed by atoms with van der Waals surface area (Å²) in [6.07, 6.45) is 0.194. The second-order valence-electron chi connectivity index (χ2n) is 1.93. The van der Waals surface area contributed by atoms with E-state index in [1.807, 2.05) is 0 Å². The van der Waals surface area contributed by atoms with Crippen molar-refractivity contribution in [2.24, 2.45) is 5.41 Å². The van der Waals surface area contributed by atoms with E-state index in [2.05, 4.69) is 15.6 Å². The average molecular weight is 213 g/mol. The average Bonchev–Trinajstić information content (AvgIpc) is 2.08. The van der Waals surface area contributed by atoms with Gasteiger partial charge in [-0.05, 0) is 0 Å². The van der Waals surface area contributed by atoms with Gasteiger partial charge >= 0.3 is 72.5 Å². The van der Waals surface area contributed by atoms with Crippen LogP contribution >= 0.6 is 0 Å². The van der Waals surface area contributed by atoms with Crippen molar-refractivity contribution in [1.29, 1.82) is 10.5 Å². The number of hydrogen-bond acceptors (Lipinski definition) is 3. The Hall–Kier alpha value is -0.961. The summed E-state index contributed by atoms with van der Waals surface area (Å²) in [6, 6.07) is 3.34. The third-order valence-corrected chi connectivity index (χ3v) is 2.03. The van der Waals surface area contributed by atoms with Crippen molar-refractivity contribution in [3.05, 3.63) is 0 Å². The summed E-state index contributed by atoms with van der Waals surface area (Å²) in [4.78, 5) is 12.2. The van der Waals surface area contributed by atoms with E-state index in [0.717, 1.165) is 0 Å². The van der Waals surface area contributed by atoms with Gasteiger partial charge in [0.15, 0.2) is 0 Å².